The van der Waals surface area contributed by atoms with Gasteiger partial charge in [-0.15, -0.1) is 0 Å². The van der Waals surface area contributed by atoms with Gasteiger partial charge in [-0.3, -0.25) is 4.57 Å². The number of benzene rings is 2. The van der Waals surface area contributed by atoms with Gasteiger partial charge < -0.3 is 4.98 Å². The molecule has 1 heterocycles. The molecule has 0 spiro atoms. The summed E-state index contributed by atoms with van der Waals surface area (Å²) in [5.41, 5.74) is 2.64. The fraction of sp³-hybridized carbons (Fsp3) is 0.0714. The number of imidazole rings is 1. The Morgan fingerprint density at radius 3 is 2.38 bits per heavy atom. The van der Waals surface area contributed by atoms with Crippen LogP contribution in [0.25, 0.3) is 16.7 Å². The zero-order valence-corrected chi connectivity index (χ0v) is 14.7. The van der Waals surface area contributed by atoms with E-state index in [1.807, 2.05) is 6.92 Å². The van der Waals surface area contributed by atoms with Crippen LogP contribution in [0.3, 0.4) is 0 Å². The van der Waals surface area contributed by atoms with E-state index in [2.05, 4.69) is 36.8 Å². The minimum atomic E-state index is -0.402. The summed E-state index contributed by atoms with van der Waals surface area (Å²) in [4.78, 5) is 3.00. The molecule has 108 valence electrons. The number of fused-ring (bicyclic) bond motifs is 1. The number of halogens is 4. The molecular formula is C14H8Br2F2N2S. The van der Waals surface area contributed by atoms with Gasteiger partial charge in [-0.25, -0.2) is 8.78 Å². The number of nitrogens with one attached hydrogen (secondary N) is 1. The zero-order chi connectivity index (χ0) is 15.3. The number of aromatic nitrogens is 2. The molecule has 0 aliphatic carbocycles. The second-order valence-corrected chi connectivity index (χ2v) is 6.70. The third-order valence-electron chi connectivity index (χ3n) is 3.20. The molecule has 0 aliphatic rings. The fourth-order valence-corrected chi connectivity index (χ4v) is 3.33. The molecule has 7 heteroatoms. The van der Waals surface area contributed by atoms with Crippen molar-refractivity contribution in [3.8, 4) is 5.69 Å². The number of rotatable bonds is 1. The number of H-pyrrole nitrogens is 1. The number of aryl methyl sites for hydroxylation is 1. The SMILES string of the molecule is Cc1cc(Br)c(F)cc1-n1c(=S)[nH]c2cc(Br)c(F)cc21. The number of hydrogen-bond donors (Lipinski definition) is 1. The van der Waals surface area contributed by atoms with Crippen molar-refractivity contribution in [2.24, 2.45) is 0 Å². The molecule has 1 N–H and O–H groups in total. The number of nitrogens with zero attached hydrogens (tertiary/aromatic N) is 1. The number of aromatic amines is 1. The Kier molecular flexibility index (Phi) is 3.75. The van der Waals surface area contributed by atoms with Crippen molar-refractivity contribution < 1.29 is 8.78 Å². The average molecular weight is 434 g/mol. The van der Waals surface area contributed by atoms with Crippen molar-refractivity contribution in [3.63, 3.8) is 0 Å². The molecule has 3 aromatic rings. The van der Waals surface area contributed by atoms with Crippen LogP contribution in [0.5, 0.6) is 0 Å². The first-order valence-corrected chi connectivity index (χ1v) is 7.93. The summed E-state index contributed by atoms with van der Waals surface area (Å²) in [7, 11) is 0. The summed E-state index contributed by atoms with van der Waals surface area (Å²) in [6.07, 6.45) is 0. The smallest absolute Gasteiger partial charge is 0.182 e. The molecule has 0 aliphatic heterocycles. The van der Waals surface area contributed by atoms with E-state index in [0.29, 0.717) is 30.4 Å². The molecule has 0 bridgehead atoms. The topological polar surface area (TPSA) is 20.7 Å². The molecule has 0 saturated heterocycles. The Morgan fingerprint density at radius 1 is 1.05 bits per heavy atom. The lowest BCUT2D eigenvalue weighted by molar-refractivity contribution is 0.619. The summed E-state index contributed by atoms with van der Waals surface area (Å²) >= 11 is 11.6. The van der Waals surface area contributed by atoms with Gasteiger partial charge in [0.25, 0.3) is 0 Å². The zero-order valence-electron chi connectivity index (χ0n) is 10.7. The normalized spacial score (nSPS) is 11.3. The maximum atomic E-state index is 13.8. The van der Waals surface area contributed by atoms with Crippen LogP contribution < -0.4 is 0 Å². The maximum absolute atomic E-state index is 13.8. The first-order valence-electron chi connectivity index (χ1n) is 5.94. The Balaban J connectivity index is 2.40. The highest BCUT2D eigenvalue weighted by molar-refractivity contribution is 9.10. The van der Waals surface area contributed by atoms with E-state index in [-0.39, 0.29) is 0 Å². The van der Waals surface area contributed by atoms with Crippen LogP contribution in [0.15, 0.2) is 33.2 Å². The summed E-state index contributed by atoms with van der Waals surface area (Å²) in [6, 6.07) is 6.02. The maximum Gasteiger partial charge on any atom is 0.182 e. The lowest BCUT2D eigenvalue weighted by Crippen LogP contribution is -1.99. The molecule has 0 atom stereocenters. The standard InChI is InChI=1S/C14H8Br2F2N2S/c1-6-2-7(15)9(17)4-12(6)20-13-5-10(18)8(16)3-11(13)19-14(20)21/h2-5H,1H3,(H,19,21). The highest BCUT2D eigenvalue weighted by Crippen LogP contribution is 2.29. The van der Waals surface area contributed by atoms with Gasteiger partial charge in [0.05, 0.1) is 25.7 Å². The van der Waals surface area contributed by atoms with Gasteiger partial charge in [0.2, 0.25) is 0 Å². The average Bonchev–Trinajstić information content (AvgIpc) is 2.70. The molecule has 2 aromatic carbocycles. The summed E-state index contributed by atoms with van der Waals surface area (Å²) < 4.78 is 30.4. The number of hydrogen-bond acceptors (Lipinski definition) is 1. The highest BCUT2D eigenvalue weighted by atomic mass is 79.9. The van der Waals surface area contributed by atoms with Crippen molar-refractivity contribution in [1.29, 1.82) is 0 Å². The molecule has 2 nitrogen and oxygen atoms in total. The van der Waals surface area contributed by atoms with Crippen molar-refractivity contribution in [3.05, 3.63) is 55.2 Å². The Labute approximate surface area is 141 Å². The van der Waals surface area contributed by atoms with Gasteiger partial charge in [0.15, 0.2) is 4.77 Å². The van der Waals surface area contributed by atoms with Gasteiger partial charge in [-0.05, 0) is 74.8 Å². The van der Waals surface area contributed by atoms with Crippen LogP contribution >= 0.6 is 44.1 Å². The van der Waals surface area contributed by atoms with Crippen LogP contribution in [0, 0.1) is 23.3 Å². The van der Waals surface area contributed by atoms with Gasteiger partial charge >= 0.3 is 0 Å². The molecule has 1 aromatic heterocycles. The van der Waals surface area contributed by atoms with Crippen LogP contribution in [0.4, 0.5) is 8.78 Å². The quantitative estimate of drug-likeness (QED) is 0.481. The van der Waals surface area contributed by atoms with E-state index >= 15 is 0 Å². The Bertz CT molecular complexity index is 931. The second kappa shape index (κ2) is 5.30. The molecule has 0 radical (unpaired) electrons. The minimum Gasteiger partial charge on any atom is -0.330 e. The first-order chi connectivity index (χ1) is 9.88. The lowest BCUT2D eigenvalue weighted by Gasteiger charge is -2.10. The van der Waals surface area contributed by atoms with Crippen molar-refractivity contribution >= 4 is 55.1 Å². The van der Waals surface area contributed by atoms with E-state index in [9.17, 15) is 8.78 Å². The predicted octanol–water partition coefficient (Wildman–Crippen LogP) is 5.80. The largest absolute Gasteiger partial charge is 0.330 e. The molecule has 21 heavy (non-hydrogen) atoms. The van der Waals surface area contributed by atoms with E-state index in [1.54, 1.807) is 16.7 Å². The van der Waals surface area contributed by atoms with E-state index < -0.39 is 11.6 Å². The highest BCUT2D eigenvalue weighted by Gasteiger charge is 2.14. The summed E-state index contributed by atoms with van der Waals surface area (Å²) in [6.45, 7) is 1.84. The monoisotopic (exact) mass is 432 g/mol. The molecule has 3 rings (SSSR count). The third kappa shape index (κ3) is 2.47. The van der Waals surface area contributed by atoms with E-state index in [0.717, 1.165) is 5.56 Å². The third-order valence-corrected chi connectivity index (χ3v) is 4.70. The van der Waals surface area contributed by atoms with Gasteiger partial charge in [0, 0.05) is 6.07 Å². The molecule has 0 saturated carbocycles. The predicted molar refractivity (Wildman–Crippen MR) is 88.5 cm³/mol. The van der Waals surface area contributed by atoms with E-state index in [1.165, 1.54) is 12.1 Å². The second-order valence-electron chi connectivity index (χ2n) is 4.60. The first kappa shape index (κ1) is 14.9. The summed E-state index contributed by atoms with van der Waals surface area (Å²) in [5, 5.41) is 0. The van der Waals surface area contributed by atoms with Crippen LogP contribution in [0.2, 0.25) is 0 Å². The van der Waals surface area contributed by atoms with Crippen LogP contribution in [-0.4, -0.2) is 9.55 Å². The summed E-state index contributed by atoms with van der Waals surface area (Å²) in [5.74, 6) is -0.801. The molecule has 0 unspecified atom stereocenters. The van der Waals surface area contributed by atoms with E-state index in [4.69, 9.17) is 12.2 Å². The van der Waals surface area contributed by atoms with Gasteiger partial charge in [-0.1, -0.05) is 0 Å². The Morgan fingerprint density at radius 2 is 1.67 bits per heavy atom. The van der Waals surface area contributed by atoms with Crippen molar-refractivity contribution in [1.82, 2.24) is 9.55 Å². The minimum absolute atomic E-state index is 0.345. The van der Waals surface area contributed by atoms with Gasteiger partial charge in [-0.2, -0.15) is 0 Å². The lowest BCUT2D eigenvalue weighted by atomic mass is 10.2. The molecular weight excluding hydrogens is 426 g/mol. The Hall–Kier alpha value is -1.05. The van der Waals surface area contributed by atoms with Crippen LogP contribution in [-0.2, 0) is 0 Å². The van der Waals surface area contributed by atoms with Crippen molar-refractivity contribution in [2.75, 3.05) is 0 Å². The van der Waals surface area contributed by atoms with Crippen molar-refractivity contribution in [2.45, 2.75) is 6.92 Å². The van der Waals surface area contributed by atoms with Crippen LogP contribution in [0.1, 0.15) is 5.56 Å². The molecule has 0 fully saturated rings. The molecule has 0 amide bonds. The van der Waals surface area contributed by atoms with Gasteiger partial charge in [0.1, 0.15) is 11.6 Å². The fourth-order valence-electron chi connectivity index (χ4n) is 2.22.